The van der Waals surface area contributed by atoms with Crippen molar-refractivity contribution in [1.29, 1.82) is 0 Å². The quantitative estimate of drug-likeness (QED) is 0.607. The van der Waals surface area contributed by atoms with Crippen LogP contribution in [0.15, 0.2) is 22.8 Å². The number of nitrogens with zero attached hydrogens (tertiary/aromatic N) is 3. The maximum atomic E-state index is 12.9. The number of thiophene rings is 1. The minimum atomic E-state index is 0.258. The van der Waals surface area contributed by atoms with E-state index in [0.717, 1.165) is 34.6 Å². The van der Waals surface area contributed by atoms with Crippen LogP contribution in [-0.2, 0) is 4.79 Å². The van der Waals surface area contributed by atoms with Gasteiger partial charge >= 0.3 is 0 Å². The Morgan fingerprint density at radius 2 is 2.21 bits per heavy atom. The summed E-state index contributed by atoms with van der Waals surface area (Å²) in [5, 5.41) is 4.01. The van der Waals surface area contributed by atoms with Crippen LogP contribution in [0.4, 0.5) is 0 Å². The van der Waals surface area contributed by atoms with Gasteiger partial charge in [-0.1, -0.05) is 32.5 Å². The van der Waals surface area contributed by atoms with Gasteiger partial charge in [0.1, 0.15) is 16.2 Å². The number of likely N-dealkylation sites (tertiary alicyclic amines) is 1. The van der Waals surface area contributed by atoms with Crippen LogP contribution >= 0.6 is 23.1 Å². The Morgan fingerprint density at radius 3 is 3.04 bits per heavy atom. The lowest BCUT2D eigenvalue weighted by atomic mass is 9.65. The van der Waals surface area contributed by atoms with Crippen molar-refractivity contribution in [1.82, 2.24) is 14.9 Å². The molecule has 0 spiro atoms. The van der Waals surface area contributed by atoms with Crippen molar-refractivity contribution in [3.05, 3.63) is 17.8 Å². The second-order valence-corrected chi connectivity index (χ2v) is 10.2. The normalized spacial score (nSPS) is 28.5. The first-order valence-corrected chi connectivity index (χ1v) is 10.3. The van der Waals surface area contributed by atoms with Gasteiger partial charge in [-0.3, -0.25) is 4.79 Å². The van der Waals surface area contributed by atoms with E-state index < -0.39 is 0 Å². The zero-order valence-electron chi connectivity index (χ0n) is 14.4. The highest BCUT2D eigenvalue weighted by Gasteiger charge is 2.50. The Balaban J connectivity index is 1.47. The fourth-order valence-electron chi connectivity index (χ4n) is 4.85. The van der Waals surface area contributed by atoms with Crippen molar-refractivity contribution in [3.63, 3.8) is 0 Å². The number of rotatable bonds is 3. The fourth-order valence-corrected chi connectivity index (χ4v) is 6.51. The highest BCUT2D eigenvalue weighted by molar-refractivity contribution is 8.00. The number of fused-ring (bicyclic) bond motifs is 3. The van der Waals surface area contributed by atoms with Crippen molar-refractivity contribution in [2.45, 2.75) is 51.1 Å². The van der Waals surface area contributed by atoms with Crippen LogP contribution in [-0.4, -0.2) is 39.1 Å². The summed E-state index contributed by atoms with van der Waals surface area (Å²) in [4.78, 5) is 24.6. The van der Waals surface area contributed by atoms with Crippen molar-refractivity contribution < 1.29 is 4.79 Å². The number of thioether (sulfide) groups is 1. The third-order valence-corrected chi connectivity index (χ3v) is 7.10. The summed E-state index contributed by atoms with van der Waals surface area (Å²) >= 11 is 3.16. The van der Waals surface area contributed by atoms with E-state index >= 15 is 0 Å². The van der Waals surface area contributed by atoms with Crippen LogP contribution in [0.5, 0.6) is 0 Å². The van der Waals surface area contributed by atoms with Crippen LogP contribution in [0.2, 0.25) is 0 Å². The van der Waals surface area contributed by atoms with E-state index in [4.69, 9.17) is 0 Å². The SMILES string of the molecule is CC1(C)C[C@H]2C[C@@](C)(CN2C(=O)CSc2ncnc3sccc23)C1. The van der Waals surface area contributed by atoms with Crippen LogP contribution in [0.25, 0.3) is 10.2 Å². The van der Waals surface area contributed by atoms with E-state index in [-0.39, 0.29) is 5.91 Å². The van der Waals surface area contributed by atoms with Gasteiger partial charge in [-0.2, -0.15) is 0 Å². The first-order valence-electron chi connectivity index (χ1n) is 8.46. The molecule has 2 aromatic rings. The molecule has 4 nitrogen and oxygen atoms in total. The summed E-state index contributed by atoms with van der Waals surface area (Å²) in [5.41, 5.74) is 0.637. The van der Waals surface area contributed by atoms with Gasteiger partial charge in [0.25, 0.3) is 0 Å². The van der Waals surface area contributed by atoms with Crippen LogP contribution in [0.3, 0.4) is 0 Å². The fraction of sp³-hybridized carbons (Fsp3) is 0.611. The zero-order chi connectivity index (χ0) is 16.9. The average molecular weight is 362 g/mol. The summed E-state index contributed by atoms with van der Waals surface area (Å²) in [6.45, 7) is 7.95. The molecule has 24 heavy (non-hydrogen) atoms. The van der Waals surface area contributed by atoms with Crippen molar-refractivity contribution in [2.75, 3.05) is 12.3 Å². The van der Waals surface area contributed by atoms with E-state index in [0.29, 0.717) is 22.6 Å². The molecule has 2 bridgehead atoms. The highest BCUT2D eigenvalue weighted by atomic mass is 32.2. The molecule has 4 rings (SSSR count). The monoisotopic (exact) mass is 361 g/mol. The summed E-state index contributed by atoms with van der Waals surface area (Å²) < 4.78 is 0. The highest BCUT2D eigenvalue weighted by Crippen LogP contribution is 2.52. The number of hydrogen-bond donors (Lipinski definition) is 0. The number of carbonyl (C=O) groups is 1. The Morgan fingerprint density at radius 1 is 1.38 bits per heavy atom. The van der Waals surface area contributed by atoms with Crippen molar-refractivity contribution in [2.24, 2.45) is 10.8 Å². The molecular weight excluding hydrogens is 338 g/mol. The van der Waals surface area contributed by atoms with Crippen molar-refractivity contribution in [3.8, 4) is 0 Å². The first kappa shape index (κ1) is 16.3. The minimum Gasteiger partial charge on any atom is -0.338 e. The van der Waals surface area contributed by atoms with E-state index in [1.165, 1.54) is 6.42 Å². The maximum absolute atomic E-state index is 12.9. The molecule has 1 saturated heterocycles. The third-order valence-electron chi connectivity index (χ3n) is 5.29. The molecule has 3 heterocycles. The molecule has 0 radical (unpaired) electrons. The van der Waals surface area contributed by atoms with E-state index in [9.17, 15) is 4.79 Å². The second kappa shape index (κ2) is 5.70. The van der Waals surface area contributed by atoms with Gasteiger partial charge in [-0.25, -0.2) is 9.97 Å². The number of amides is 1. The molecule has 0 aromatic carbocycles. The summed E-state index contributed by atoms with van der Waals surface area (Å²) in [6, 6.07) is 2.46. The maximum Gasteiger partial charge on any atom is 0.233 e. The second-order valence-electron chi connectivity index (χ2n) is 8.34. The minimum absolute atomic E-state index is 0.258. The summed E-state index contributed by atoms with van der Waals surface area (Å²) in [5.74, 6) is 0.725. The van der Waals surface area contributed by atoms with Gasteiger partial charge in [0.05, 0.1) is 5.75 Å². The lowest BCUT2D eigenvalue weighted by molar-refractivity contribution is -0.129. The molecule has 2 aliphatic rings. The smallest absolute Gasteiger partial charge is 0.233 e. The molecule has 6 heteroatoms. The van der Waals surface area contributed by atoms with Gasteiger partial charge in [-0.05, 0) is 41.5 Å². The van der Waals surface area contributed by atoms with Gasteiger partial charge < -0.3 is 4.90 Å². The van der Waals surface area contributed by atoms with E-state index in [1.807, 2.05) is 11.4 Å². The van der Waals surface area contributed by atoms with E-state index in [2.05, 4.69) is 35.6 Å². The average Bonchev–Trinajstić information content (AvgIpc) is 3.06. The van der Waals surface area contributed by atoms with Gasteiger partial charge in [0, 0.05) is 18.0 Å². The largest absolute Gasteiger partial charge is 0.338 e. The Bertz CT molecular complexity index is 787. The third kappa shape index (κ3) is 2.94. The molecule has 2 aromatic heterocycles. The standard InChI is InChI=1S/C18H23N3OS2/c1-17(2)6-12-7-18(3,9-17)10-21(12)14(22)8-24-16-13-4-5-23-15(13)19-11-20-16/h4-5,11-12H,6-10H2,1-3H3/t12-,18+/m0/s1. The molecule has 1 aliphatic heterocycles. The lowest BCUT2D eigenvalue weighted by Crippen LogP contribution is -2.38. The van der Waals surface area contributed by atoms with Crippen LogP contribution < -0.4 is 0 Å². The Labute approximate surface area is 151 Å². The number of hydrogen-bond acceptors (Lipinski definition) is 5. The molecule has 1 aliphatic carbocycles. The van der Waals surface area contributed by atoms with E-state index in [1.54, 1.807) is 29.4 Å². The molecule has 0 N–H and O–H groups in total. The van der Waals surface area contributed by atoms with Gasteiger partial charge in [-0.15, -0.1) is 11.3 Å². The van der Waals surface area contributed by atoms with Crippen LogP contribution in [0.1, 0.15) is 40.0 Å². The molecular formula is C18H23N3OS2. The molecule has 2 atom stereocenters. The Kier molecular flexibility index (Phi) is 3.88. The topological polar surface area (TPSA) is 46.1 Å². The Hall–Kier alpha value is -1.14. The molecule has 0 unspecified atom stereocenters. The summed E-state index contributed by atoms with van der Waals surface area (Å²) in [7, 11) is 0. The first-order chi connectivity index (χ1) is 11.4. The zero-order valence-corrected chi connectivity index (χ0v) is 16.0. The van der Waals surface area contributed by atoms with Gasteiger partial charge in [0.2, 0.25) is 5.91 Å². The number of aromatic nitrogens is 2. The predicted octanol–water partition coefficient (Wildman–Crippen LogP) is 4.21. The molecule has 1 amide bonds. The molecule has 128 valence electrons. The van der Waals surface area contributed by atoms with Crippen molar-refractivity contribution >= 4 is 39.2 Å². The number of carbonyl (C=O) groups excluding carboxylic acids is 1. The molecule has 1 saturated carbocycles. The summed E-state index contributed by atoms with van der Waals surface area (Å²) in [6.07, 6.45) is 5.10. The lowest BCUT2D eigenvalue weighted by Gasteiger charge is -2.39. The molecule has 2 fully saturated rings. The predicted molar refractivity (Wildman–Crippen MR) is 99.4 cm³/mol. The van der Waals surface area contributed by atoms with Gasteiger partial charge in [0.15, 0.2) is 0 Å². The van der Waals surface area contributed by atoms with Crippen LogP contribution in [0, 0.1) is 10.8 Å².